The van der Waals surface area contributed by atoms with Gasteiger partial charge in [0.25, 0.3) is 10.0 Å². The number of rotatable bonds is 7. The van der Waals surface area contributed by atoms with Crippen LogP contribution in [0.2, 0.25) is 0 Å². The van der Waals surface area contributed by atoms with Crippen LogP contribution < -0.4 is 10.0 Å². The fourth-order valence-corrected chi connectivity index (χ4v) is 4.41. The van der Waals surface area contributed by atoms with Gasteiger partial charge in [0.15, 0.2) is 0 Å². The normalized spacial score (nSPS) is 14.5. The summed E-state index contributed by atoms with van der Waals surface area (Å²) in [6, 6.07) is 14.5. The third kappa shape index (κ3) is 6.69. The van der Waals surface area contributed by atoms with Gasteiger partial charge in [-0.25, -0.2) is 8.42 Å². The molecule has 2 aromatic carbocycles. The van der Waals surface area contributed by atoms with Gasteiger partial charge in [0.2, 0.25) is 5.91 Å². The molecule has 3 rings (SSSR count). The number of sulfonamides is 1. The van der Waals surface area contributed by atoms with Crippen LogP contribution >= 0.6 is 0 Å². The van der Waals surface area contributed by atoms with Crippen LogP contribution in [-0.2, 0) is 21.2 Å². The minimum Gasteiger partial charge on any atom is -0.326 e. The molecular formula is C23H29N3O3S. The van der Waals surface area contributed by atoms with E-state index < -0.39 is 10.0 Å². The average molecular weight is 428 g/mol. The molecule has 2 aromatic rings. The third-order valence-electron chi connectivity index (χ3n) is 5.06. The highest BCUT2D eigenvalue weighted by Crippen LogP contribution is 2.16. The summed E-state index contributed by atoms with van der Waals surface area (Å²) in [5.41, 5.74) is 3.02. The molecule has 1 aliphatic rings. The van der Waals surface area contributed by atoms with Gasteiger partial charge in [-0.05, 0) is 62.4 Å². The van der Waals surface area contributed by atoms with Crippen LogP contribution in [0.15, 0.2) is 58.4 Å². The van der Waals surface area contributed by atoms with E-state index in [2.05, 4.69) is 46.2 Å². The van der Waals surface area contributed by atoms with E-state index in [-0.39, 0.29) is 10.8 Å². The first-order valence-electron chi connectivity index (χ1n) is 10.4. The number of carbonyl (C=O) groups is 1. The number of hydrogen-bond donors (Lipinski definition) is 2. The summed E-state index contributed by atoms with van der Waals surface area (Å²) in [6.07, 6.45) is 5.66. The summed E-state index contributed by atoms with van der Waals surface area (Å²) in [6.45, 7) is 2.71. The van der Waals surface area contributed by atoms with Crippen LogP contribution in [0.4, 0.5) is 5.69 Å². The Balaban J connectivity index is 1.50. The molecular weight excluding hydrogens is 398 g/mol. The van der Waals surface area contributed by atoms with E-state index in [0.717, 1.165) is 32.1 Å². The number of anilines is 1. The molecule has 2 N–H and O–H groups in total. The molecule has 0 saturated heterocycles. The van der Waals surface area contributed by atoms with E-state index >= 15 is 0 Å². The van der Waals surface area contributed by atoms with E-state index in [1.54, 1.807) is 12.1 Å². The van der Waals surface area contributed by atoms with Crippen molar-refractivity contribution in [1.29, 1.82) is 0 Å². The fourth-order valence-electron chi connectivity index (χ4n) is 3.32. The lowest BCUT2D eigenvalue weighted by atomic mass is 10.1. The molecule has 0 spiro atoms. The molecule has 0 atom stereocenters. The Hall–Kier alpha value is -2.67. The van der Waals surface area contributed by atoms with Gasteiger partial charge in [-0.2, -0.15) is 0 Å². The van der Waals surface area contributed by atoms with Crippen molar-refractivity contribution in [3.05, 3.63) is 59.7 Å². The van der Waals surface area contributed by atoms with Gasteiger partial charge in [0.1, 0.15) is 5.84 Å². The number of aryl methyl sites for hydroxylation is 2. The van der Waals surface area contributed by atoms with Crippen LogP contribution in [-0.4, -0.2) is 26.7 Å². The van der Waals surface area contributed by atoms with Gasteiger partial charge in [-0.3, -0.25) is 14.5 Å². The molecule has 7 heteroatoms. The second kappa shape index (κ2) is 10.4. The Bertz CT molecular complexity index is 981. The van der Waals surface area contributed by atoms with Crippen molar-refractivity contribution >= 4 is 27.5 Å². The molecule has 1 heterocycles. The minimum absolute atomic E-state index is 0.0799. The number of benzene rings is 2. The zero-order chi connectivity index (χ0) is 21.4. The number of amidine groups is 1. The first kappa shape index (κ1) is 22.0. The van der Waals surface area contributed by atoms with Gasteiger partial charge in [-0.15, -0.1) is 0 Å². The first-order valence-corrected chi connectivity index (χ1v) is 11.9. The Morgan fingerprint density at radius 3 is 2.47 bits per heavy atom. The number of nitrogens with one attached hydrogen (secondary N) is 2. The lowest BCUT2D eigenvalue weighted by Crippen LogP contribution is -2.30. The first-order chi connectivity index (χ1) is 14.4. The van der Waals surface area contributed by atoms with Crippen LogP contribution in [0.3, 0.4) is 0 Å². The minimum atomic E-state index is -3.66. The number of hydrogen-bond acceptors (Lipinski definition) is 4. The van der Waals surface area contributed by atoms with E-state index in [9.17, 15) is 13.2 Å². The maximum absolute atomic E-state index is 12.6. The topological polar surface area (TPSA) is 87.6 Å². The molecule has 160 valence electrons. The zero-order valence-corrected chi connectivity index (χ0v) is 18.2. The maximum atomic E-state index is 12.6. The summed E-state index contributed by atoms with van der Waals surface area (Å²) in [7, 11) is -3.66. The highest BCUT2D eigenvalue weighted by atomic mass is 32.2. The summed E-state index contributed by atoms with van der Waals surface area (Å²) < 4.78 is 27.7. The molecule has 1 aliphatic heterocycles. The zero-order valence-electron chi connectivity index (χ0n) is 17.4. The second-order valence-electron chi connectivity index (χ2n) is 7.66. The van der Waals surface area contributed by atoms with Crippen molar-refractivity contribution in [1.82, 2.24) is 4.72 Å². The van der Waals surface area contributed by atoms with E-state index in [1.165, 1.54) is 23.3 Å². The van der Waals surface area contributed by atoms with Gasteiger partial charge < -0.3 is 5.32 Å². The molecule has 0 aromatic heterocycles. The monoisotopic (exact) mass is 427 g/mol. The molecule has 1 amide bonds. The number of aliphatic imine (C=N–C) groups is 1. The van der Waals surface area contributed by atoms with Gasteiger partial charge in [-0.1, -0.05) is 36.2 Å². The Kier molecular flexibility index (Phi) is 7.63. The molecule has 0 saturated carbocycles. The van der Waals surface area contributed by atoms with Crippen molar-refractivity contribution in [2.24, 2.45) is 4.99 Å². The maximum Gasteiger partial charge on any atom is 0.262 e. The standard InChI is InChI=1S/C23H29N3O3S/c1-18-9-11-19(12-10-18)6-5-8-23(27)25-20-13-15-21(16-14-20)30(28,29)26-22-7-3-2-4-17-24-22/h9-16H,2-8,17H2,1H3,(H,24,26)(H,25,27). The molecule has 0 bridgehead atoms. The highest BCUT2D eigenvalue weighted by molar-refractivity contribution is 7.90. The second-order valence-corrected chi connectivity index (χ2v) is 9.34. The fraction of sp³-hybridized carbons (Fsp3) is 0.391. The largest absolute Gasteiger partial charge is 0.326 e. The van der Waals surface area contributed by atoms with Crippen molar-refractivity contribution in [3.8, 4) is 0 Å². The SMILES string of the molecule is Cc1ccc(CCCC(=O)Nc2ccc(S(=O)(=O)NC3=NCCCCC3)cc2)cc1. The van der Waals surface area contributed by atoms with Crippen LogP contribution in [0.5, 0.6) is 0 Å². The third-order valence-corrected chi connectivity index (χ3v) is 6.46. The highest BCUT2D eigenvalue weighted by Gasteiger charge is 2.17. The summed E-state index contributed by atoms with van der Waals surface area (Å²) >= 11 is 0. The lowest BCUT2D eigenvalue weighted by Gasteiger charge is -2.11. The van der Waals surface area contributed by atoms with Crippen molar-refractivity contribution in [2.75, 3.05) is 11.9 Å². The van der Waals surface area contributed by atoms with Crippen molar-refractivity contribution in [2.45, 2.75) is 56.8 Å². The average Bonchev–Trinajstić information content (AvgIpc) is 2.98. The molecule has 30 heavy (non-hydrogen) atoms. The quantitative estimate of drug-likeness (QED) is 0.694. The van der Waals surface area contributed by atoms with Crippen molar-refractivity contribution < 1.29 is 13.2 Å². The lowest BCUT2D eigenvalue weighted by molar-refractivity contribution is -0.116. The van der Waals surface area contributed by atoms with E-state index in [4.69, 9.17) is 0 Å². The molecule has 6 nitrogen and oxygen atoms in total. The number of carbonyl (C=O) groups excluding carboxylic acids is 1. The van der Waals surface area contributed by atoms with Gasteiger partial charge in [0.05, 0.1) is 4.90 Å². The Morgan fingerprint density at radius 2 is 1.73 bits per heavy atom. The molecule has 0 aliphatic carbocycles. The predicted molar refractivity (Wildman–Crippen MR) is 120 cm³/mol. The van der Waals surface area contributed by atoms with Crippen molar-refractivity contribution in [3.63, 3.8) is 0 Å². The van der Waals surface area contributed by atoms with E-state index in [1.807, 2.05) is 0 Å². The predicted octanol–water partition coefficient (Wildman–Crippen LogP) is 4.21. The molecule has 0 fully saturated rings. The van der Waals surface area contributed by atoms with Gasteiger partial charge in [0, 0.05) is 25.1 Å². The van der Waals surface area contributed by atoms with Gasteiger partial charge >= 0.3 is 0 Å². The summed E-state index contributed by atoms with van der Waals surface area (Å²) in [4.78, 5) is 16.7. The Morgan fingerprint density at radius 1 is 1.00 bits per heavy atom. The molecule has 0 radical (unpaired) electrons. The van der Waals surface area contributed by atoms with Crippen LogP contribution in [0.1, 0.15) is 49.7 Å². The Labute approximate surface area is 178 Å². The number of nitrogens with zero attached hydrogens (tertiary/aromatic N) is 1. The smallest absolute Gasteiger partial charge is 0.262 e. The van der Waals surface area contributed by atoms with Crippen LogP contribution in [0, 0.1) is 6.92 Å². The molecule has 0 unspecified atom stereocenters. The van der Waals surface area contributed by atoms with Crippen LogP contribution in [0.25, 0.3) is 0 Å². The number of amides is 1. The van der Waals surface area contributed by atoms with E-state index in [0.29, 0.717) is 30.9 Å². The summed E-state index contributed by atoms with van der Waals surface area (Å²) in [5.74, 6) is 0.446. The summed E-state index contributed by atoms with van der Waals surface area (Å²) in [5, 5.41) is 2.83.